The SMILES string of the molecule is C[C@@H]1C(O)OC2CC34C5CC(C(C)(C)C)C36C(O[C@H](O)[C@@H]6O)O[C@@]4(C(O)O5)[C@]21O. The smallest absolute Gasteiger partial charge is 0.188 e. The summed E-state index contributed by atoms with van der Waals surface area (Å²) >= 11 is 0. The number of hydrogen-bond donors (Lipinski definition) is 5. The van der Waals surface area contributed by atoms with Gasteiger partial charge in [-0.2, -0.15) is 0 Å². The highest BCUT2D eigenvalue weighted by molar-refractivity contribution is 5.42. The minimum Gasteiger partial charge on any atom is -0.387 e. The van der Waals surface area contributed by atoms with Crippen LogP contribution >= 0.6 is 0 Å². The highest BCUT2D eigenvalue weighted by Crippen LogP contribution is 2.85. The Morgan fingerprint density at radius 1 is 0.931 bits per heavy atom. The zero-order chi connectivity index (χ0) is 20.9. The van der Waals surface area contributed by atoms with Gasteiger partial charge in [-0.25, -0.2) is 0 Å². The molecule has 29 heavy (non-hydrogen) atoms. The van der Waals surface area contributed by atoms with Crippen molar-refractivity contribution in [1.29, 1.82) is 0 Å². The number of rotatable bonds is 0. The Kier molecular flexibility index (Phi) is 3.33. The van der Waals surface area contributed by atoms with Crippen LogP contribution in [0, 0.1) is 28.1 Å². The first-order valence-corrected chi connectivity index (χ1v) is 10.5. The van der Waals surface area contributed by atoms with Crippen molar-refractivity contribution in [3.63, 3.8) is 0 Å². The molecule has 4 saturated heterocycles. The van der Waals surface area contributed by atoms with Crippen LogP contribution in [-0.2, 0) is 18.9 Å². The van der Waals surface area contributed by atoms with Gasteiger partial charge in [-0.1, -0.05) is 27.7 Å². The molecule has 8 unspecified atom stereocenters. The van der Waals surface area contributed by atoms with E-state index >= 15 is 0 Å². The molecule has 2 saturated carbocycles. The summed E-state index contributed by atoms with van der Waals surface area (Å²) in [6, 6.07) is 0. The fourth-order valence-corrected chi connectivity index (χ4v) is 8.55. The summed E-state index contributed by atoms with van der Waals surface area (Å²) in [5.41, 5.74) is -5.81. The third-order valence-electron chi connectivity index (χ3n) is 9.42. The zero-order valence-electron chi connectivity index (χ0n) is 17.0. The zero-order valence-corrected chi connectivity index (χ0v) is 17.0. The van der Waals surface area contributed by atoms with Crippen molar-refractivity contribution >= 4 is 0 Å². The van der Waals surface area contributed by atoms with Crippen LogP contribution in [0.1, 0.15) is 40.5 Å². The van der Waals surface area contributed by atoms with Crippen LogP contribution < -0.4 is 0 Å². The predicted molar refractivity (Wildman–Crippen MR) is 93.6 cm³/mol. The van der Waals surface area contributed by atoms with Gasteiger partial charge in [-0.15, -0.1) is 0 Å². The van der Waals surface area contributed by atoms with E-state index in [1.54, 1.807) is 6.92 Å². The molecule has 4 aliphatic heterocycles. The molecule has 2 aliphatic carbocycles. The summed E-state index contributed by atoms with van der Waals surface area (Å²) in [4.78, 5) is 0. The van der Waals surface area contributed by atoms with E-state index < -0.39 is 71.4 Å². The van der Waals surface area contributed by atoms with E-state index in [4.69, 9.17) is 18.9 Å². The molecule has 13 atom stereocenters. The Bertz CT molecular complexity index is 770. The highest BCUT2D eigenvalue weighted by Gasteiger charge is 2.99. The molecule has 9 nitrogen and oxygen atoms in total. The molecular weight excluding hydrogens is 384 g/mol. The number of aliphatic hydroxyl groups excluding tert-OH is 4. The number of hydrogen-bond acceptors (Lipinski definition) is 9. The minimum atomic E-state index is -1.74. The van der Waals surface area contributed by atoms with Crippen LogP contribution in [0.5, 0.6) is 0 Å². The van der Waals surface area contributed by atoms with Crippen molar-refractivity contribution < 1.29 is 44.5 Å². The second kappa shape index (κ2) is 5.00. The third-order valence-corrected chi connectivity index (χ3v) is 9.42. The maximum atomic E-state index is 12.0. The molecule has 0 bridgehead atoms. The lowest BCUT2D eigenvalue weighted by Crippen LogP contribution is -2.67. The van der Waals surface area contributed by atoms with Crippen molar-refractivity contribution in [1.82, 2.24) is 0 Å². The summed E-state index contributed by atoms with van der Waals surface area (Å²) in [5.74, 6) is -0.926. The van der Waals surface area contributed by atoms with Crippen molar-refractivity contribution in [3.8, 4) is 0 Å². The van der Waals surface area contributed by atoms with Gasteiger partial charge in [0.15, 0.2) is 30.8 Å². The number of fused-ring (bicyclic) bond motifs is 1. The molecule has 9 heteroatoms. The molecule has 0 aromatic rings. The van der Waals surface area contributed by atoms with E-state index in [9.17, 15) is 25.5 Å². The minimum absolute atomic E-state index is 0.172. The molecular formula is C20H30O9. The molecule has 6 rings (SSSR count). The second-order valence-electron chi connectivity index (χ2n) is 11.0. The Labute approximate surface area is 168 Å². The Morgan fingerprint density at radius 3 is 2.28 bits per heavy atom. The van der Waals surface area contributed by atoms with Crippen molar-refractivity contribution in [3.05, 3.63) is 0 Å². The molecule has 6 fully saturated rings. The first-order valence-electron chi connectivity index (χ1n) is 10.5. The standard InChI is InChI=1S/C20H30O9/c1-7-12(22)26-10-6-17-9-5-8(16(2,3)4)18(17)11(21)13(23)28-15(18)29-20(17,14(24)27-9)19(7,10)25/h7-15,21-25H,5-6H2,1-4H3/t7-,8?,9?,10?,11+,12?,13+,14?,15?,17?,18?,19-,20-/m1/s1. The molecule has 164 valence electrons. The van der Waals surface area contributed by atoms with E-state index in [0.717, 1.165) is 0 Å². The van der Waals surface area contributed by atoms with Gasteiger partial charge in [0.05, 0.1) is 17.6 Å². The number of ether oxygens (including phenoxy) is 4. The van der Waals surface area contributed by atoms with Gasteiger partial charge < -0.3 is 44.5 Å². The van der Waals surface area contributed by atoms with Crippen molar-refractivity contribution in [2.75, 3.05) is 0 Å². The Hall–Kier alpha value is -0.360. The van der Waals surface area contributed by atoms with Crippen molar-refractivity contribution in [2.24, 2.45) is 28.1 Å². The van der Waals surface area contributed by atoms with Gasteiger partial charge in [-0.05, 0) is 24.2 Å². The summed E-state index contributed by atoms with van der Waals surface area (Å²) in [5, 5.41) is 55.3. The lowest BCUT2D eigenvalue weighted by molar-refractivity contribution is -0.310. The topological polar surface area (TPSA) is 138 Å². The van der Waals surface area contributed by atoms with Crippen molar-refractivity contribution in [2.45, 2.75) is 95.2 Å². The first-order chi connectivity index (χ1) is 13.4. The Morgan fingerprint density at radius 2 is 1.62 bits per heavy atom. The summed E-state index contributed by atoms with van der Waals surface area (Å²) in [6.07, 6.45) is -6.98. The summed E-state index contributed by atoms with van der Waals surface area (Å²) in [7, 11) is 0. The molecule has 0 aromatic carbocycles. The first kappa shape index (κ1) is 19.3. The third kappa shape index (κ3) is 1.54. The fourth-order valence-electron chi connectivity index (χ4n) is 8.55. The lowest BCUT2D eigenvalue weighted by atomic mass is 9.51. The van der Waals surface area contributed by atoms with Gasteiger partial charge >= 0.3 is 0 Å². The van der Waals surface area contributed by atoms with Gasteiger partial charge in [-0.3, -0.25) is 0 Å². The van der Waals surface area contributed by atoms with Crippen LogP contribution in [0.4, 0.5) is 0 Å². The largest absolute Gasteiger partial charge is 0.387 e. The van der Waals surface area contributed by atoms with Crippen LogP contribution in [0.15, 0.2) is 0 Å². The monoisotopic (exact) mass is 414 g/mol. The predicted octanol–water partition coefficient (Wildman–Crippen LogP) is -0.965. The molecule has 4 heterocycles. The molecule has 2 spiro atoms. The van der Waals surface area contributed by atoms with Gasteiger partial charge in [0, 0.05) is 11.3 Å². The molecule has 0 aromatic heterocycles. The van der Waals surface area contributed by atoms with E-state index in [2.05, 4.69) is 20.8 Å². The molecule has 5 N–H and O–H groups in total. The maximum Gasteiger partial charge on any atom is 0.188 e. The summed E-state index contributed by atoms with van der Waals surface area (Å²) in [6.45, 7) is 7.83. The normalized spacial score (nSPS) is 67.6. The maximum absolute atomic E-state index is 12.0. The lowest BCUT2D eigenvalue weighted by Gasteiger charge is -2.49. The molecule has 6 aliphatic rings. The van der Waals surface area contributed by atoms with Crippen LogP contribution in [-0.4, -0.2) is 80.2 Å². The van der Waals surface area contributed by atoms with Gasteiger partial charge in [0.2, 0.25) is 0 Å². The van der Waals surface area contributed by atoms with Gasteiger partial charge in [0.25, 0.3) is 0 Å². The van der Waals surface area contributed by atoms with Crippen LogP contribution in [0.2, 0.25) is 0 Å². The van der Waals surface area contributed by atoms with E-state index in [-0.39, 0.29) is 17.8 Å². The van der Waals surface area contributed by atoms with Crippen LogP contribution in [0.3, 0.4) is 0 Å². The van der Waals surface area contributed by atoms with E-state index in [1.165, 1.54) is 0 Å². The van der Waals surface area contributed by atoms with Gasteiger partial charge in [0.1, 0.15) is 11.7 Å². The van der Waals surface area contributed by atoms with E-state index in [1.807, 2.05) is 0 Å². The van der Waals surface area contributed by atoms with E-state index in [0.29, 0.717) is 6.42 Å². The fraction of sp³-hybridized carbons (Fsp3) is 1.00. The second-order valence-corrected chi connectivity index (χ2v) is 11.0. The average Bonchev–Trinajstić information content (AvgIpc) is 3.31. The Balaban J connectivity index is 1.65. The molecule has 0 radical (unpaired) electrons. The van der Waals surface area contributed by atoms with Crippen LogP contribution in [0.25, 0.3) is 0 Å². The number of aliphatic hydroxyl groups is 5. The molecule has 0 amide bonds. The highest BCUT2D eigenvalue weighted by atomic mass is 16.8. The average molecular weight is 414 g/mol. The summed E-state index contributed by atoms with van der Waals surface area (Å²) < 4.78 is 23.9. The quantitative estimate of drug-likeness (QED) is 0.339.